The first kappa shape index (κ1) is 19.1. The number of benzene rings is 1. The summed E-state index contributed by atoms with van der Waals surface area (Å²) in [5, 5.41) is 8.81. The Kier molecular flexibility index (Phi) is 6.99. The van der Waals surface area contributed by atoms with Crippen LogP contribution in [0.3, 0.4) is 0 Å². The first-order valence-electron chi connectivity index (χ1n) is 7.41. The van der Waals surface area contributed by atoms with Crippen molar-refractivity contribution >= 4 is 10.1 Å². The molecular weight excluding hydrogens is 304 g/mol. The number of hydrogen-bond donors (Lipinski definition) is 1. The van der Waals surface area contributed by atoms with Crippen LogP contribution in [-0.2, 0) is 19.0 Å². The molecule has 1 N–H and O–H groups in total. The fourth-order valence-corrected chi connectivity index (χ4v) is 3.11. The molecule has 126 valence electrons. The fourth-order valence-electron chi connectivity index (χ4n) is 1.86. The topological polar surface area (TPSA) is 72.8 Å². The van der Waals surface area contributed by atoms with Crippen molar-refractivity contribution < 1.29 is 22.4 Å². The first-order valence-corrected chi connectivity index (χ1v) is 8.82. The van der Waals surface area contributed by atoms with E-state index in [2.05, 4.69) is 0 Å². The Labute approximate surface area is 133 Å². The largest absolute Gasteiger partial charge is 0.396 e. The summed E-state index contributed by atoms with van der Waals surface area (Å²) in [6.07, 6.45) is 0.936. The van der Waals surface area contributed by atoms with E-state index in [9.17, 15) is 8.42 Å². The molecule has 22 heavy (non-hydrogen) atoms. The number of rotatable bonds is 9. The smallest absolute Gasteiger partial charge is 0.297 e. The predicted octanol–water partition coefficient (Wildman–Crippen LogP) is 2.66. The van der Waals surface area contributed by atoms with Gasteiger partial charge in [0.25, 0.3) is 10.1 Å². The van der Waals surface area contributed by atoms with Crippen molar-refractivity contribution in [1.82, 2.24) is 0 Å². The number of aliphatic hydroxyl groups excluding tert-OH is 1. The number of ether oxygens (including phenoxy) is 1. The average Bonchev–Trinajstić information content (AvgIpc) is 2.37. The van der Waals surface area contributed by atoms with Crippen LogP contribution in [0.4, 0.5) is 0 Å². The lowest BCUT2D eigenvalue weighted by Crippen LogP contribution is -2.30. The highest BCUT2D eigenvalue weighted by molar-refractivity contribution is 7.86. The maximum atomic E-state index is 12.3. The van der Waals surface area contributed by atoms with Crippen LogP contribution < -0.4 is 0 Å². The van der Waals surface area contributed by atoms with Gasteiger partial charge in [0.2, 0.25) is 0 Å². The second kappa shape index (κ2) is 8.06. The zero-order valence-corrected chi connectivity index (χ0v) is 14.5. The molecule has 0 aliphatic heterocycles. The lowest BCUT2D eigenvalue weighted by molar-refractivity contribution is 0.0103. The van der Waals surface area contributed by atoms with Crippen LogP contribution in [0, 0.1) is 6.92 Å². The van der Waals surface area contributed by atoms with Crippen molar-refractivity contribution in [3.05, 3.63) is 29.8 Å². The van der Waals surface area contributed by atoms with Crippen LogP contribution in [0.2, 0.25) is 0 Å². The van der Waals surface area contributed by atoms with Gasteiger partial charge in [0.1, 0.15) is 0 Å². The van der Waals surface area contributed by atoms with Crippen LogP contribution >= 0.6 is 0 Å². The maximum Gasteiger partial charge on any atom is 0.297 e. The molecule has 0 aliphatic carbocycles. The molecule has 1 atom stereocenters. The number of aryl methyl sites for hydroxylation is 1. The summed E-state index contributed by atoms with van der Waals surface area (Å²) in [6, 6.07) is 6.56. The summed E-state index contributed by atoms with van der Waals surface area (Å²) in [6.45, 7) is 7.65. The van der Waals surface area contributed by atoms with Gasteiger partial charge in [-0.1, -0.05) is 17.7 Å². The molecule has 6 heteroatoms. The minimum Gasteiger partial charge on any atom is -0.396 e. The Morgan fingerprint density at radius 3 is 2.36 bits per heavy atom. The molecule has 0 heterocycles. The fraction of sp³-hybridized carbons (Fsp3) is 0.625. The third-order valence-electron chi connectivity index (χ3n) is 3.29. The van der Waals surface area contributed by atoms with Gasteiger partial charge in [0.15, 0.2) is 0 Å². The highest BCUT2D eigenvalue weighted by atomic mass is 32.2. The van der Waals surface area contributed by atoms with E-state index in [1.54, 1.807) is 38.1 Å². The third-order valence-corrected chi connectivity index (χ3v) is 4.81. The molecule has 1 aromatic rings. The molecule has 1 rings (SSSR count). The minimum absolute atomic E-state index is 0.0606. The maximum absolute atomic E-state index is 12.3. The Hall–Kier alpha value is -0.950. The van der Waals surface area contributed by atoms with Crippen molar-refractivity contribution in [3.8, 4) is 0 Å². The predicted molar refractivity (Wildman–Crippen MR) is 85.3 cm³/mol. The summed E-state index contributed by atoms with van der Waals surface area (Å²) in [5.74, 6) is 0. The van der Waals surface area contributed by atoms with Gasteiger partial charge < -0.3 is 9.84 Å². The molecule has 0 spiro atoms. The minimum atomic E-state index is -3.79. The van der Waals surface area contributed by atoms with Crippen molar-refractivity contribution in [2.24, 2.45) is 0 Å². The molecule has 1 aromatic carbocycles. The second-order valence-corrected chi connectivity index (χ2v) is 7.60. The summed E-state index contributed by atoms with van der Waals surface area (Å²) in [7, 11) is -3.79. The van der Waals surface area contributed by atoms with Gasteiger partial charge in [0, 0.05) is 19.6 Å². The van der Waals surface area contributed by atoms with E-state index in [-0.39, 0.29) is 17.6 Å². The second-order valence-electron chi connectivity index (χ2n) is 6.05. The van der Waals surface area contributed by atoms with E-state index >= 15 is 0 Å². The van der Waals surface area contributed by atoms with Crippen LogP contribution in [0.25, 0.3) is 0 Å². The molecule has 0 bridgehead atoms. The van der Waals surface area contributed by atoms with E-state index in [1.165, 1.54) is 0 Å². The summed E-state index contributed by atoms with van der Waals surface area (Å²) in [4.78, 5) is 0.153. The monoisotopic (exact) mass is 330 g/mol. The highest BCUT2D eigenvalue weighted by Crippen LogP contribution is 2.23. The zero-order valence-electron chi connectivity index (χ0n) is 13.7. The molecule has 0 radical (unpaired) electrons. The Bertz CT molecular complexity index is 548. The van der Waals surface area contributed by atoms with Crippen molar-refractivity contribution in [2.75, 3.05) is 13.2 Å². The highest BCUT2D eigenvalue weighted by Gasteiger charge is 2.28. The number of hydrogen-bond acceptors (Lipinski definition) is 5. The van der Waals surface area contributed by atoms with Gasteiger partial charge in [-0.05, 0) is 46.2 Å². The van der Waals surface area contributed by atoms with E-state index in [1.807, 2.05) is 13.8 Å². The molecule has 0 saturated heterocycles. The van der Waals surface area contributed by atoms with Gasteiger partial charge in [0.05, 0.1) is 16.6 Å². The molecule has 0 amide bonds. The quantitative estimate of drug-likeness (QED) is 0.705. The van der Waals surface area contributed by atoms with Crippen molar-refractivity contribution in [3.63, 3.8) is 0 Å². The SMILES string of the molecule is Cc1ccc(S(=O)(=O)OC(C)(C)CCOC(C)CCO)cc1. The van der Waals surface area contributed by atoms with Crippen LogP contribution in [-0.4, -0.2) is 38.4 Å². The molecular formula is C16H26O5S. The average molecular weight is 330 g/mol. The van der Waals surface area contributed by atoms with Crippen LogP contribution in [0.1, 0.15) is 39.2 Å². The molecule has 5 nitrogen and oxygen atoms in total. The van der Waals surface area contributed by atoms with Gasteiger partial charge >= 0.3 is 0 Å². The Morgan fingerprint density at radius 2 is 1.82 bits per heavy atom. The molecule has 0 aliphatic rings. The Balaban J connectivity index is 2.60. The van der Waals surface area contributed by atoms with Crippen molar-refractivity contribution in [1.29, 1.82) is 0 Å². The lowest BCUT2D eigenvalue weighted by atomic mass is 10.1. The summed E-state index contributed by atoms with van der Waals surface area (Å²) >= 11 is 0. The molecule has 0 saturated carbocycles. The third kappa shape index (κ3) is 6.44. The van der Waals surface area contributed by atoms with Gasteiger partial charge in [-0.2, -0.15) is 8.42 Å². The van der Waals surface area contributed by atoms with Crippen molar-refractivity contribution in [2.45, 2.75) is 57.1 Å². The molecule has 0 fully saturated rings. The van der Waals surface area contributed by atoms with E-state index in [4.69, 9.17) is 14.0 Å². The summed E-state index contributed by atoms with van der Waals surface area (Å²) < 4.78 is 35.4. The van der Waals surface area contributed by atoms with E-state index in [0.29, 0.717) is 19.4 Å². The zero-order chi connectivity index (χ0) is 16.8. The molecule has 0 aromatic heterocycles. The van der Waals surface area contributed by atoms with E-state index < -0.39 is 15.7 Å². The van der Waals surface area contributed by atoms with Crippen LogP contribution in [0.5, 0.6) is 0 Å². The van der Waals surface area contributed by atoms with E-state index in [0.717, 1.165) is 5.56 Å². The van der Waals surface area contributed by atoms with Crippen LogP contribution in [0.15, 0.2) is 29.2 Å². The summed E-state index contributed by atoms with van der Waals surface area (Å²) in [5.41, 5.74) is 0.132. The van der Waals surface area contributed by atoms with Gasteiger partial charge in [-0.15, -0.1) is 0 Å². The Morgan fingerprint density at radius 1 is 1.23 bits per heavy atom. The van der Waals surface area contributed by atoms with Gasteiger partial charge in [-0.25, -0.2) is 0 Å². The molecule has 1 unspecified atom stereocenters. The number of aliphatic hydroxyl groups is 1. The standard InChI is InChI=1S/C16H26O5S/c1-13-5-7-15(8-6-13)22(18,19)21-16(3,4)10-12-20-14(2)9-11-17/h5-8,14,17H,9-12H2,1-4H3. The lowest BCUT2D eigenvalue weighted by Gasteiger charge is -2.25. The first-order chi connectivity index (χ1) is 10.2. The normalized spacial score (nSPS) is 14.0. The van der Waals surface area contributed by atoms with Gasteiger partial charge in [-0.3, -0.25) is 4.18 Å².